The lowest BCUT2D eigenvalue weighted by Crippen LogP contribution is -2.15. The molecule has 162 valence electrons. The quantitative estimate of drug-likeness (QED) is 0.273. The number of ether oxygens (including phenoxy) is 1. The third-order valence-corrected chi connectivity index (χ3v) is 5.84. The van der Waals surface area contributed by atoms with Crippen LogP contribution in [0.4, 0.5) is 5.69 Å². The molecular weight excluding hydrogens is 420 g/mol. The Hall–Kier alpha value is -3.58. The Kier molecular flexibility index (Phi) is 6.87. The van der Waals surface area contributed by atoms with Crippen LogP contribution in [-0.2, 0) is 11.3 Å². The number of allylic oxidation sites excluding steroid dienone is 1. The molecule has 4 rings (SSSR count). The number of hydrogen-bond acceptors (Lipinski definition) is 5. The van der Waals surface area contributed by atoms with Crippen molar-refractivity contribution in [2.24, 2.45) is 0 Å². The van der Waals surface area contributed by atoms with Gasteiger partial charge in [-0.15, -0.1) is 16.8 Å². The zero-order valence-electron chi connectivity index (χ0n) is 17.8. The lowest BCUT2D eigenvalue weighted by Gasteiger charge is -2.15. The summed E-state index contributed by atoms with van der Waals surface area (Å²) in [7, 11) is 0. The van der Waals surface area contributed by atoms with Crippen LogP contribution in [0.3, 0.4) is 0 Å². The molecular formula is C25H24N4O2S. The fourth-order valence-corrected chi connectivity index (χ4v) is 4.17. The van der Waals surface area contributed by atoms with Crippen molar-refractivity contribution in [2.45, 2.75) is 24.7 Å². The van der Waals surface area contributed by atoms with Crippen LogP contribution < -0.4 is 10.1 Å². The highest BCUT2D eigenvalue weighted by atomic mass is 32.2. The van der Waals surface area contributed by atoms with E-state index in [1.54, 1.807) is 6.08 Å². The molecule has 1 amide bonds. The van der Waals surface area contributed by atoms with Gasteiger partial charge in [0.1, 0.15) is 5.75 Å². The fraction of sp³-hybridized carbons (Fsp3) is 0.160. The predicted molar refractivity (Wildman–Crippen MR) is 129 cm³/mol. The minimum absolute atomic E-state index is 0.102. The zero-order valence-corrected chi connectivity index (χ0v) is 18.6. The van der Waals surface area contributed by atoms with E-state index in [-0.39, 0.29) is 17.8 Å². The van der Waals surface area contributed by atoms with Gasteiger partial charge >= 0.3 is 0 Å². The molecule has 0 radical (unpaired) electrons. The average molecular weight is 445 g/mol. The van der Waals surface area contributed by atoms with Crippen molar-refractivity contribution in [3.8, 4) is 5.75 Å². The molecule has 6 nitrogen and oxygen atoms in total. The van der Waals surface area contributed by atoms with E-state index >= 15 is 0 Å². The molecule has 0 saturated heterocycles. The average Bonchev–Trinajstić information content (AvgIpc) is 3.21. The van der Waals surface area contributed by atoms with Gasteiger partial charge in [0, 0.05) is 17.6 Å². The van der Waals surface area contributed by atoms with Crippen LogP contribution in [0.1, 0.15) is 18.9 Å². The molecule has 0 aliphatic rings. The summed E-state index contributed by atoms with van der Waals surface area (Å²) in [6, 6.07) is 23.4. The van der Waals surface area contributed by atoms with Gasteiger partial charge in [-0.05, 0) is 30.5 Å². The number of nitrogens with zero attached hydrogens (tertiary/aromatic N) is 3. The summed E-state index contributed by atoms with van der Waals surface area (Å²) in [6.45, 7) is 6.29. The highest BCUT2D eigenvalue weighted by molar-refractivity contribution is 7.99. The molecule has 0 fully saturated rings. The van der Waals surface area contributed by atoms with Crippen molar-refractivity contribution in [1.82, 2.24) is 14.8 Å². The number of anilines is 1. The van der Waals surface area contributed by atoms with Crippen molar-refractivity contribution in [1.29, 1.82) is 0 Å². The Bertz CT molecular complexity index is 1220. The number of fused-ring (bicyclic) bond motifs is 1. The topological polar surface area (TPSA) is 69.0 Å². The number of benzene rings is 3. The maximum Gasteiger partial charge on any atom is 0.234 e. The Morgan fingerprint density at radius 1 is 1.09 bits per heavy atom. The lowest BCUT2D eigenvalue weighted by atomic mass is 10.1. The largest absolute Gasteiger partial charge is 0.483 e. The van der Waals surface area contributed by atoms with Crippen molar-refractivity contribution in [3.05, 3.63) is 91.3 Å². The van der Waals surface area contributed by atoms with E-state index in [0.29, 0.717) is 17.5 Å². The molecule has 0 saturated carbocycles. The molecule has 0 aliphatic heterocycles. The number of hydrogen-bond donors (Lipinski definition) is 1. The maximum absolute atomic E-state index is 12.6. The van der Waals surface area contributed by atoms with Crippen LogP contribution in [0.2, 0.25) is 0 Å². The lowest BCUT2D eigenvalue weighted by molar-refractivity contribution is -0.113. The van der Waals surface area contributed by atoms with Crippen LogP contribution >= 0.6 is 11.8 Å². The van der Waals surface area contributed by atoms with E-state index in [4.69, 9.17) is 4.74 Å². The number of nitrogens with one attached hydrogen (secondary N) is 1. The van der Waals surface area contributed by atoms with Gasteiger partial charge in [0.2, 0.25) is 5.91 Å². The predicted octanol–water partition coefficient (Wildman–Crippen LogP) is 5.49. The third-order valence-electron chi connectivity index (χ3n) is 4.87. The summed E-state index contributed by atoms with van der Waals surface area (Å²) in [6.07, 6.45) is 1.48. The number of amides is 1. The van der Waals surface area contributed by atoms with Crippen molar-refractivity contribution in [2.75, 3.05) is 11.1 Å². The van der Waals surface area contributed by atoms with E-state index in [0.717, 1.165) is 22.2 Å². The summed E-state index contributed by atoms with van der Waals surface area (Å²) < 4.78 is 7.93. The van der Waals surface area contributed by atoms with Crippen LogP contribution in [0.5, 0.6) is 5.75 Å². The number of thioether (sulfide) groups is 1. The second kappa shape index (κ2) is 10.2. The summed E-state index contributed by atoms with van der Waals surface area (Å²) in [4.78, 5) is 12.6. The van der Waals surface area contributed by atoms with Gasteiger partial charge in [-0.3, -0.25) is 9.36 Å². The Labute approximate surface area is 191 Å². The van der Waals surface area contributed by atoms with Crippen LogP contribution in [0.15, 0.2) is 90.6 Å². The van der Waals surface area contributed by atoms with Gasteiger partial charge in [0.25, 0.3) is 0 Å². The Balaban J connectivity index is 1.44. The summed E-state index contributed by atoms with van der Waals surface area (Å²) in [5.41, 5.74) is 0.798. The normalized spacial score (nSPS) is 11.8. The van der Waals surface area contributed by atoms with Crippen molar-refractivity contribution in [3.63, 3.8) is 0 Å². The minimum atomic E-state index is -0.302. The minimum Gasteiger partial charge on any atom is -0.483 e. The molecule has 32 heavy (non-hydrogen) atoms. The smallest absolute Gasteiger partial charge is 0.234 e. The standard InChI is InChI=1S/C25H24N4O2S/c1-3-16-29-24(18(2)31-20-12-5-4-6-13-20)27-28-25(29)32-17-23(30)26-22-15-9-11-19-10-7-8-14-21(19)22/h3-15,18H,1,16-17H2,2H3,(H,26,30). The number of rotatable bonds is 9. The molecule has 3 aromatic carbocycles. The number of para-hydroxylation sites is 1. The van der Waals surface area contributed by atoms with Gasteiger partial charge in [-0.25, -0.2) is 0 Å². The first kappa shape index (κ1) is 21.6. The van der Waals surface area contributed by atoms with E-state index in [2.05, 4.69) is 22.1 Å². The molecule has 0 bridgehead atoms. The Morgan fingerprint density at radius 3 is 2.66 bits per heavy atom. The first-order valence-corrected chi connectivity index (χ1v) is 11.3. The van der Waals surface area contributed by atoms with E-state index in [1.807, 2.05) is 84.3 Å². The molecule has 1 heterocycles. The highest BCUT2D eigenvalue weighted by Crippen LogP contribution is 2.26. The second-order valence-electron chi connectivity index (χ2n) is 7.18. The number of carbonyl (C=O) groups excluding carboxylic acids is 1. The van der Waals surface area contributed by atoms with Gasteiger partial charge in [-0.2, -0.15) is 0 Å². The first-order valence-electron chi connectivity index (χ1n) is 10.3. The van der Waals surface area contributed by atoms with Crippen LogP contribution in [0, 0.1) is 0 Å². The van der Waals surface area contributed by atoms with E-state index in [9.17, 15) is 4.79 Å². The molecule has 4 aromatic rings. The summed E-state index contributed by atoms with van der Waals surface area (Å²) >= 11 is 1.34. The highest BCUT2D eigenvalue weighted by Gasteiger charge is 2.20. The van der Waals surface area contributed by atoms with Gasteiger partial charge < -0.3 is 10.1 Å². The third kappa shape index (κ3) is 5.00. The van der Waals surface area contributed by atoms with Gasteiger partial charge in [0.15, 0.2) is 17.1 Å². The first-order chi connectivity index (χ1) is 15.7. The molecule has 1 aromatic heterocycles. The molecule has 1 atom stereocenters. The molecule has 1 N–H and O–H groups in total. The number of carbonyl (C=O) groups is 1. The van der Waals surface area contributed by atoms with Crippen molar-refractivity contribution < 1.29 is 9.53 Å². The van der Waals surface area contributed by atoms with Gasteiger partial charge in [0.05, 0.1) is 5.75 Å². The van der Waals surface area contributed by atoms with Crippen molar-refractivity contribution >= 4 is 34.1 Å². The zero-order chi connectivity index (χ0) is 22.3. The SMILES string of the molecule is C=CCn1c(SCC(=O)Nc2cccc3ccccc23)nnc1C(C)Oc1ccccc1. The molecule has 7 heteroatoms. The monoisotopic (exact) mass is 444 g/mol. The maximum atomic E-state index is 12.6. The Morgan fingerprint density at radius 2 is 1.84 bits per heavy atom. The van der Waals surface area contributed by atoms with Crippen LogP contribution in [-0.4, -0.2) is 26.4 Å². The molecule has 1 unspecified atom stereocenters. The van der Waals surface area contributed by atoms with Crippen LogP contribution in [0.25, 0.3) is 10.8 Å². The van der Waals surface area contributed by atoms with Gasteiger partial charge in [-0.1, -0.05) is 72.4 Å². The fourth-order valence-electron chi connectivity index (χ4n) is 3.41. The van der Waals surface area contributed by atoms with E-state index in [1.165, 1.54) is 11.8 Å². The van der Waals surface area contributed by atoms with E-state index < -0.39 is 0 Å². The second-order valence-corrected chi connectivity index (χ2v) is 8.12. The summed E-state index contributed by atoms with van der Waals surface area (Å²) in [5.74, 6) is 1.56. The molecule has 0 spiro atoms. The number of aromatic nitrogens is 3. The molecule has 0 aliphatic carbocycles. The summed E-state index contributed by atoms with van der Waals surface area (Å²) in [5, 5.41) is 14.4.